The Morgan fingerprint density at radius 2 is 1.11 bits per heavy atom. The van der Waals surface area contributed by atoms with E-state index in [0.717, 1.165) is 145 Å². The van der Waals surface area contributed by atoms with Crippen molar-refractivity contribution >= 4 is 25.7 Å². The van der Waals surface area contributed by atoms with Gasteiger partial charge in [0.2, 0.25) is 0 Å². The molecule has 0 spiro atoms. The topological polar surface area (TPSA) is 198 Å². The maximum absolute atomic E-state index is 12.7. The summed E-state index contributed by atoms with van der Waals surface area (Å²) in [6.07, 6.45) is 24.1. The predicted molar refractivity (Wildman–Crippen MR) is 238 cm³/mol. The lowest BCUT2D eigenvalue weighted by molar-refractivity contribution is -0.161. The van der Waals surface area contributed by atoms with Crippen molar-refractivity contribution in [3.8, 4) is 0 Å². The maximum Gasteiger partial charge on any atom is 0.472 e. The molecule has 4 N–H and O–H groups in total. The van der Waals surface area contributed by atoms with E-state index in [2.05, 4.69) is 45.2 Å². The van der Waals surface area contributed by atoms with Crippen molar-refractivity contribution in [3.05, 3.63) is 45.8 Å². The number of nitrogens with two attached hydrogens (primary N) is 1. The highest BCUT2D eigenvalue weighted by Crippen LogP contribution is 2.43. The van der Waals surface area contributed by atoms with Crippen molar-refractivity contribution in [1.29, 1.82) is 0 Å². The van der Waals surface area contributed by atoms with E-state index in [-0.39, 0.29) is 19.4 Å². The van der Waals surface area contributed by atoms with Gasteiger partial charge in [0.25, 0.3) is 0 Å². The molecular weight excluding hydrogens is 801 g/mol. The highest BCUT2D eigenvalue weighted by atomic mass is 31.2. The summed E-state index contributed by atoms with van der Waals surface area (Å²) in [4.78, 5) is 46.3. The van der Waals surface area contributed by atoms with E-state index in [0.29, 0.717) is 12.8 Å². The number of carboxylic acids is 1. The molecule has 0 bridgehead atoms. The molecule has 0 radical (unpaired) electrons. The van der Waals surface area contributed by atoms with Gasteiger partial charge < -0.3 is 34.0 Å². The van der Waals surface area contributed by atoms with E-state index in [9.17, 15) is 23.8 Å². The maximum atomic E-state index is 12.7. The third-order valence-electron chi connectivity index (χ3n) is 11.2. The number of hydrogen-bond donors (Lipinski definition) is 3. The average molecular weight is 882 g/mol. The van der Waals surface area contributed by atoms with Crippen LogP contribution in [0.25, 0.3) is 0 Å². The minimum absolute atomic E-state index is 0.136. The van der Waals surface area contributed by atoms with Crippen LogP contribution in [-0.2, 0) is 63.2 Å². The van der Waals surface area contributed by atoms with Gasteiger partial charge >= 0.3 is 25.7 Å². The number of aryl methyl sites for hydroxylation is 5. The third-order valence-corrected chi connectivity index (χ3v) is 12.1. The molecule has 3 unspecified atom stereocenters. The molecule has 0 aromatic carbocycles. The molecule has 0 aliphatic carbocycles. The number of carbonyl (C=O) groups excluding carboxylic acids is 2. The summed E-state index contributed by atoms with van der Waals surface area (Å²) in [7, 11) is -4.74. The first-order chi connectivity index (χ1) is 29.3. The summed E-state index contributed by atoms with van der Waals surface area (Å²) < 4.78 is 45.1. The number of furan rings is 2. The van der Waals surface area contributed by atoms with Crippen LogP contribution in [0.4, 0.5) is 0 Å². The van der Waals surface area contributed by atoms with E-state index < -0.39 is 51.1 Å². The normalized spacial score (nSPS) is 13.6. The van der Waals surface area contributed by atoms with Crippen LogP contribution in [-0.4, -0.2) is 59.9 Å². The van der Waals surface area contributed by atoms with Gasteiger partial charge in [-0.25, -0.2) is 4.57 Å². The number of esters is 2. The molecule has 2 aromatic heterocycles. The van der Waals surface area contributed by atoms with Gasteiger partial charge in [-0.05, 0) is 82.1 Å². The number of hydrogen-bond acceptors (Lipinski definition) is 11. The van der Waals surface area contributed by atoms with Crippen molar-refractivity contribution < 1.29 is 56.3 Å². The van der Waals surface area contributed by atoms with Gasteiger partial charge in [-0.3, -0.25) is 23.4 Å². The number of aliphatic carboxylic acids is 1. The first-order valence-corrected chi connectivity index (χ1v) is 24.9. The van der Waals surface area contributed by atoms with E-state index >= 15 is 0 Å². The minimum atomic E-state index is -4.74. The Morgan fingerprint density at radius 1 is 0.623 bits per heavy atom. The lowest BCUT2D eigenvalue weighted by Crippen LogP contribution is -2.34. The first kappa shape index (κ1) is 54.2. The quantitative estimate of drug-likeness (QED) is 0.0327. The Kier molecular flexibility index (Phi) is 28.3. The standard InChI is InChI=1S/C47H80NO12P/c1-6-8-21-27-39-32-36(3)42(58-39)28-22-17-13-9-12-16-20-25-31-46(50)59-40(34-56-61(53,54)57-35-41(48)47(51)52)33-55-45(49)30-24-19-15-11-10-14-18-23-29-44-38(5)37(4)43(60-44)26-7-2/h32,40-41H,6-31,33-35,48H2,1-5H3,(H,51,52)(H,53,54). The molecule has 14 heteroatoms. The van der Waals surface area contributed by atoms with Gasteiger partial charge in [-0.2, -0.15) is 0 Å². The smallest absolute Gasteiger partial charge is 0.472 e. The van der Waals surface area contributed by atoms with Crippen LogP contribution < -0.4 is 5.73 Å². The molecule has 13 nitrogen and oxygen atoms in total. The summed E-state index contributed by atoms with van der Waals surface area (Å²) >= 11 is 0. The van der Waals surface area contributed by atoms with Crippen LogP contribution in [0.2, 0.25) is 0 Å². The van der Waals surface area contributed by atoms with Crippen molar-refractivity contribution in [2.24, 2.45) is 5.73 Å². The summed E-state index contributed by atoms with van der Waals surface area (Å²) in [6.45, 7) is 9.08. The summed E-state index contributed by atoms with van der Waals surface area (Å²) in [5.74, 6) is 2.07. The van der Waals surface area contributed by atoms with Gasteiger partial charge in [-0.15, -0.1) is 0 Å². The van der Waals surface area contributed by atoms with E-state index in [4.69, 9.17) is 33.7 Å². The number of unbranched alkanes of at least 4 members (excludes halogenated alkanes) is 16. The monoisotopic (exact) mass is 882 g/mol. The number of carboxylic acid groups (broad SMARTS) is 1. The van der Waals surface area contributed by atoms with Gasteiger partial charge in [0.15, 0.2) is 6.10 Å². The van der Waals surface area contributed by atoms with Crippen LogP contribution >= 0.6 is 7.82 Å². The zero-order valence-corrected chi connectivity index (χ0v) is 39.1. The fourth-order valence-corrected chi connectivity index (χ4v) is 8.02. The SMILES string of the molecule is CCCCCc1cc(C)c(CCCCCCCCCCC(=O)OC(COC(=O)CCCCCCCCCCc2oc(CCC)c(C)c2C)COP(=O)(O)OCC(N)C(=O)O)o1. The van der Waals surface area contributed by atoms with Crippen molar-refractivity contribution in [2.45, 2.75) is 214 Å². The molecule has 350 valence electrons. The number of ether oxygens (including phenoxy) is 2. The van der Waals surface area contributed by atoms with Gasteiger partial charge in [0.1, 0.15) is 35.7 Å². The molecule has 2 aromatic rings. The predicted octanol–water partition coefficient (Wildman–Crippen LogP) is 11.3. The van der Waals surface area contributed by atoms with Crippen molar-refractivity contribution in [1.82, 2.24) is 0 Å². The molecule has 3 atom stereocenters. The van der Waals surface area contributed by atoms with Gasteiger partial charge in [0.05, 0.1) is 13.2 Å². The Bertz CT molecular complexity index is 1570. The molecule has 0 aliphatic heterocycles. The van der Waals surface area contributed by atoms with Gasteiger partial charge in [0, 0.05) is 38.5 Å². The minimum Gasteiger partial charge on any atom is -0.480 e. The Labute approximate surface area is 366 Å². The molecule has 0 saturated carbocycles. The largest absolute Gasteiger partial charge is 0.480 e. The van der Waals surface area contributed by atoms with Gasteiger partial charge in [-0.1, -0.05) is 104 Å². The molecular formula is C47H80NO12P. The van der Waals surface area contributed by atoms with Crippen LogP contribution in [0, 0.1) is 20.8 Å². The second kappa shape index (κ2) is 31.8. The fraction of sp³-hybridized carbons (Fsp3) is 0.766. The van der Waals surface area contributed by atoms with E-state index in [1.165, 1.54) is 36.0 Å². The number of rotatable bonds is 38. The zero-order valence-electron chi connectivity index (χ0n) is 38.2. The lowest BCUT2D eigenvalue weighted by Gasteiger charge is -2.20. The highest BCUT2D eigenvalue weighted by molar-refractivity contribution is 7.47. The Balaban J connectivity index is 1.63. The summed E-state index contributed by atoms with van der Waals surface area (Å²) in [5.41, 5.74) is 9.20. The van der Waals surface area contributed by atoms with E-state index in [1.807, 2.05) is 0 Å². The molecule has 2 heterocycles. The lowest BCUT2D eigenvalue weighted by atomic mass is 10.0. The second-order valence-corrected chi connectivity index (χ2v) is 18.1. The molecule has 0 fully saturated rings. The first-order valence-electron chi connectivity index (χ1n) is 23.4. The number of phosphoric acid groups is 1. The summed E-state index contributed by atoms with van der Waals surface area (Å²) in [6, 6.07) is 0.658. The van der Waals surface area contributed by atoms with Crippen LogP contribution in [0.5, 0.6) is 0 Å². The Hall–Kier alpha value is -2.96. The Morgan fingerprint density at radius 3 is 1.67 bits per heavy atom. The van der Waals surface area contributed by atoms with Crippen molar-refractivity contribution in [2.75, 3.05) is 19.8 Å². The van der Waals surface area contributed by atoms with Crippen LogP contribution in [0.3, 0.4) is 0 Å². The zero-order chi connectivity index (χ0) is 44.9. The molecule has 61 heavy (non-hydrogen) atoms. The van der Waals surface area contributed by atoms with Crippen LogP contribution in [0.1, 0.15) is 195 Å². The summed E-state index contributed by atoms with van der Waals surface area (Å²) in [5, 5.41) is 8.92. The molecule has 0 amide bonds. The highest BCUT2D eigenvalue weighted by Gasteiger charge is 2.28. The average Bonchev–Trinajstić information content (AvgIpc) is 3.71. The molecule has 0 saturated heterocycles. The molecule has 2 rings (SSSR count). The third kappa shape index (κ3) is 24.5. The second-order valence-electron chi connectivity index (χ2n) is 16.7. The number of carbonyl (C=O) groups is 3. The fourth-order valence-electron chi connectivity index (χ4n) is 7.25. The van der Waals surface area contributed by atoms with Crippen molar-refractivity contribution in [3.63, 3.8) is 0 Å². The number of phosphoric ester groups is 1. The molecule has 0 aliphatic rings. The van der Waals surface area contributed by atoms with Crippen LogP contribution in [0.15, 0.2) is 14.9 Å². The van der Waals surface area contributed by atoms with E-state index in [1.54, 1.807) is 0 Å².